The number of hydrogen-bond acceptors (Lipinski definition) is 1. The fourth-order valence-corrected chi connectivity index (χ4v) is 8.47. The number of benzene rings is 5. The van der Waals surface area contributed by atoms with E-state index in [9.17, 15) is 0 Å². The molecule has 0 saturated carbocycles. The molecule has 308 valence electrons. The van der Waals surface area contributed by atoms with Crippen molar-refractivity contribution in [2.24, 2.45) is 0 Å². The van der Waals surface area contributed by atoms with Gasteiger partial charge in [0.25, 0.3) is 0 Å². The van der Waals surface area contributed by atoms with E-state index in [4.69, 9.17) is 0 Å². The molecule has 2 aliphatic rings. The maximum absolute atomic E-state index is 3.80. The lowest BCUT2D eigenvalue weighted by atomic mass is 9.85. The Morgan fingerprint density at radius 3 is 2.23 bits per heavy atom. The predicted octanol–water partition coefficient (Wildman–Crippen LogP) is 16.8. The molecule has 0 radical (unpaired) electrons. The van der Waals surface area contributed by atoms with Gasteiger partial charge < -0.3 is 4.90 Å². The fraction of sp³-hybridized carbons (Fsp3) is 0.148. The molecular formula is C61H59N. The number of anilines is 1. The van der Waals surface area contributed by atoms with Crippen molar-refractivity contribution < 1.29 is 0 Å². The van der Waals surface area contributed by atoms with Gasteiger partial charge in [0.1, 0.15) is 0 Å². The van der Waals surface area contributed by atoms with Crippen molar-refractivity contribution in [2.75, 3.05) is 4.90 Å². The lowest BCUT2D eigenvalue weighted by molar-refractivity contribution is 0.748. The molecule has 0 amide bonds. The Morgan fingerprint density at radius 1 is 0.694 bits per heavy atom. The van der Waals surface area contributed by atoms with Crippen LogP contribution in [0.4, 0.5) is 5.69 Å². The average molecular weight is 806 g/mol. The van der Waals surface area contributed by atoms with E-state index in [1.807, 2.05) is 19.1 Å². The maximum Gasteiger partial charge on any atom is 0.0565 e. The van der Waals surface area contributed by atoms with Gasteiger partial charge in [0.15, 0.2) is 0 Å². The standard InChI is InChI=1S/C61H59N/c1-6-10-12-14-22-48(21-11-7-2)47(9-4)27-19-28-53-37-42-60(45-61(53)52-24-15-13-16-25-52)62(58-38-33-50(34-39-58)56-30-29-46(5)54(43-56)20-8-3)59-40-35-51(36-41-59)57-32-31-49-23-17-18-26-55(49)44-57/h6-27,29-33,35-44,50,60H,1,28,34,45H2,2-5H3/b11-7+,12-10-,20-8-,22-14+,27-19-,47-9-,48-21+. The summed E-state index contributed by atoms with van der Waals surface area (Å²) in [7, 11) is 0. The van der Waals surface area contributed by atoms with Gasteiger partial charge in [0, 0.05) is 17.3 Å². The summed E-state index contributed by atoms with van der Waals surface area (Å²) in [5.41, 5.74) is 15.2. The van der Waals surface area contributed by atoms with Crippen LogP contribution < -0.4 is 4.90 Å². The third-order valence-electron chi connectivity index (χ3n) is 11.8. The van der Waals surface area contributed by atoms with Crippen molar-refractivity contribution in [3.05, 3.63) is 270 Å². The summed E-state index contributed by atoms with van der Waals surface area (Å²) in [5.74, 6) is 0.329. The van der Waals surface area contributed by atoms with E-state index >= 15 is 0 Å². The summed E-state index contributed by atoms with van der Waals surface area (Å²) in [6, 6.07) is 42.6. The quantitative estimate of drug-likeness (QED) is 0.0953. The van der Waals surface area contributed by atoms with E-state index in [0.29, 0.717) is 5.92 Å². The Morgan fingerprint density at radius 2 is 1.48 bits per heavy atom. The highest BCUT2D eigenvalue weighted by Crippen LogP contribution is 2.39. The molecule has 2 aliphatic carbocycles. The van der Waals surface area contributed by atoms with Crippen LogP contribution in [0, 0.1) is 6.92 Å². The van der Waals surface area contributed by atoms with Gasteiger partial charge in [-0.05, 0) is 138 Å². The van der Waals surface area contributed by atoms with Crippen molar-refractivity contribution in [1.82, 2.24) is 0 Å². The van der Waals surface area contributed by atoms with Gasteiger partial charge >= 0.3 is 0 Å². The number of nitrogens with zero attached hydrogens (tertiary/aromatic N) is 1. The highest BCUT2D eigenvalue weighted by Gasteiger charge is 2.27. The van der Waals surface area contributed by atoms with Gasteiger partial charge in [-0.25, -0.2) is 0 Å². The SMILES string of the molecule is C=C\C=C/C=C/C(=C\C=C\C)C(/C=C\CC1=C(c2ccccc2)CC(N(C2=CCC(c3ccc(C)c(/C=C\C)c3)C=C2)c2ccc(-c3ccc4ccccc4c3)cc2)C=C1)=C\C. The van der Waals surface area contributed by atoms with Gasteiger partial charge in [-0.15, -0.1) is 0 Å². The van der Waals surface area contributed by atoms with Crippen molar-refractivity contribution in [1.29, 1.82) is 0 Å². The normalized spacial score (nSPS) is 17.5. The molecule has 0 heterocycles. The first-order valence-electron chi connectivity index (χ1n) is 22.1. The molecule has 1 nitrogen and oxygen atoms in total. The molecule has 62 heavy (non-hydrogen) atoms. The minimum absolute atomic E-state index is 0.118. The number of allylic oxidation sites excluding steroid dienone is 19. The number of fused-ring (bicyclic) bond motifs is 1. The van der Waals surface area contributed by atoms with Crippen molar-refractivity contribution in [3.63, 3.8) is 0 Å². The minimum Gasteiger partial charge on any atom is -0.334 e. The van der Waals surface area contributed by atoms with Gasteiger partial charge in [-0.2, -0.15) is 0 Å². The smallest absolute Gasteiger partial charge is 0.0565 e. The lowest BCUT2D eigenvalue weighted by Gasteiger charge is -2.37. The molecule has 0 fully saturated rings. The monoisotopic (exact) mass is 805 g/mol. The first-order valence-corrected chi connectivity index (χ1v) is 22.1. The fourth-order valence-electron chi connectivity index (χ4n) is 8.47. The number of aryl methyl sites for hydroxylation is 1. The third-order valence-corrected chi connectivity index (χ3v) is 11.8. The van der Waals surface area contributed by atoms with Crippen LogP contribution in [0.15, 0.2) is 248 Å². The van der Waals surface area contributed by atoms with Gasteiger partial charge in [-0.1, -0.05) is 207 Å². The van der Waals surface area contributed by atoms with E-state index in [1.54, 1.807) is 6.08 Å². The molecule has 7 rings (SSSR count). The van der Waals surface area contributed by atoms with Crippen LogP contribution in [0.25, 0.3) is 33.5 Å². The number of hydrogen-bond donors (Lipinski definition) is 0. The molecule has 0 bridgehead atoms. The van der Waals surface area contributed by atoms with Gasteiger partial charge in [0.2, 0.25) is 0 Å². The summed E-state index contributed by atoms with van der Waals surface area (Å²) in [4.78, 5) is 2.56. The van der Waals surface area contributed by atoms with E-state index in [2.05, 4.69) is 239 Å². The molecule has 0 aromatic heterocycles. The molecule has 0 aliphatic heterocycles. The van der Waals surface area contributed by atoms with Crippen LogP contribution in [0.2, 0.25) is 0 Å². The van der Waals surface area contributed by atoms with Gasteiger partial charge in [0.05, 0.1) is 6.04 Å². The Kier molecular flexibility index (Phi) is 15.0. The molecule has 1 heteroatoms. The van der Waals surface area contributed by atoms with E-state index in [-0.39, 0.29) is 6.04 Å². The highest BCUT2D eigenvalue weighted by atomic mass is 15.2. The summed E-state index contributed by atoms with van der Waals surface area (Å²) in [5, 5.41) is 2.52. The van der Waals surface area contributed by atoms with Crippen LogP contribution >= 0.6 is 0 Å². The zero-order chi connectivity index (χ0) is 43.1. The molecule has 2 unspecified atom stereocenters. The zero-order valence-electron chi connectivity index (χ0n) is 36.8. The Balaban J connectivity index is 1.21. The second kappa shape index (κ2) is 21.5. The molecule has 0 saturated heterocycles. The molecule has 2 atom stereocenters. The molecule has 0 spiro atoms. The van der Waals surface area contributed by atoms with E-state index in [0.717, 1.165) is 24.8 Å². The minimum atomic E-state index is 0.118. The largest absolute Gasteiger partial charge is 0.334 e. The first-order chi connectivity index (χ1) is 30.5. The van der Waals surface area contributed by atoms with Crippen molar-refractivity contribution in [3.8, 4) is 11.1 Å². The second-order valence-electron chi connectivity index (χ2n) is 15.9. The number of rotatable bonds is 15. The van der Waals surface area contributed by atoms with E-state index < -0.39 is 0 Å². The van der Waals surface area contributed by atoms with Crippen LogP contribution in [-0.4, -0.2) is 6.04 Å². The first kappa shape index (κ1) is 43.1. The van der Waals surface area contributed by atoms with E-state index in [1.165, 1.54) is 72.3 Å². The molecule has 0 N–H and O–H groups in total. The lowest BCUT2D eigenvalue weighted by Crippen LogP contribution is -2.34. The van der Waals surface area contributed by atoms with Crippen LogP contribution in [0.1, 0.15) is 68.2 Å². The predicted molar refractivity (Wildman–Crippen MR) is 272 cm³/mol. The Bertz CT molecular complexity index is 2700. The summed E-state index contributed by atoms with van der Waals surface area (Å²) >= 11 is 0. The summed E-state index contributed by atoms with van der Waals surface area (Å²) < 4.78 is 0. The second-order valence-corrected chi connectivity index (χ2v) is 15.9. The Hall–Kier alpha value is -6.96. The van der Waals surface area contributed by atoms with Crippen molar-refractivity contribution >= 4 is 28.1 Å². The molecule has 5 aromatic rings. The van der Waals surface area contributed by atoms with Crippen LogP contribution in [0.3, 0.4) is 0 Å². The van der Waals surface area contributed by atoms with Crippen LogP contribution in [-0.2, 0) is 0 Å². The topological polar surface area (TPSA) is 3.24 Å². The van der Waals surface area contributed by atoms with Crippen LogP contribution in [0.5, 0.6) is 0 Å². The zero-order valence-corrected chi connectivity index (χ0v) is 36.8. The summed E-state index contributed by atoms with van der Waals surface area (Å²) in [6.07, 6.45) is 42.1. The third kappa shape index (κ3) is 10.7. The molecule has 5 aromatic carbocycles. The van der Waals surface area contributed by atoms with Gasteiger partial charge in [-0.3, -0.25) is 0 Å². The average Bonchev–Trinajstić information content (AvgIpc) is 3.32. The highest BCUT2D eigenvalue weighted by molar-refractivity contribution is 5.87. The Labute approximate surface area is 371 Å². The molecular weight excluding hydrogens is 747 g/mol. The maximum atomic E-state index is 3.80. The summed E-state index contributed by atoms with van der Waals surface area (Å²) in [6.45, 7) is 12.2. The van der Waals surface area contributed by atoms with Crippen molar-refractivity contribution in [2.45, 2.75) is 58.9 Å².